The van der Waals surface area contributed by atoms with Crippen molar-refractivity contribution in [2.24, 2.45) is 5.92 Å². The normalized spacial score (nSPS) is 27.6. The molecule has 0 saturated carbocycles. The van der Waals surface area contributed by atoms with Crippen LogP contribution in [0.3, 0.4) is 0 Å². The Morgan fingerprint density at radius 2 is 2.36 bits per heavy atom. The molecule has 0 bridgehead atoms. The summed E-state index contributed by atoms with van der Waals surface area (Å²) >= 11 is 1.47. The van der Waals surface area contributed by atoms with Gasteiger partial charge in [-0.05, 0) is 17.9 Å². The Bertz CT molecular complexity index is 394. The number of aliphatic hydroxyl groups excluding tert-OH is 1. The fourth-order valence-electron chi connectivity index (χ4n) is 1.76. The first-order valence-electron chi connectivity index (χ1n) is 4.50. The van der Waals surface area contributed by atoms with Crippen molar-refractivity contribution in [2.45, 2.75) is 12.5 Å². The summed E-state index contributed by atoms with van der Waals surface area (Å²) in [7, 11) is -2.89. The second kappa shape index (κ2) is 3.64. The predicted molar refractivity (Wildman–Crippen MR) is 56.0 cm³/mol. The van der Waals surface area contributed by atoms with Crippen LogP contribution in [0.5, 0.6) is 0 Å². The van der Waals surface area contributed by atoms with Gasteiger partial charge in [0.05, 0.1) is 17.6 Å². The highest BCUT2D eigenvalue weighted by Gasteiger charge is 2.33. The topological polar surface area (TPSA) is 54.4 Å². The number of aliphatic hydroxyl groups is 1. The number of rotatable bonds is 2. The molecule has 1 aromatic heterocycles. The van der Waals surface area contributed by atoms with Crippen molar-refractivity contribution >= 4 is 21.2 Å². The highest BCUT2D eigenvalue weighted by atomic mass is 32.2. The van der Waals surface area contributed by atoms with Gasteiger partial charge < -0.3 is 5.11 Å². The average Bonchev–Trinajstić information content (AvgIpc) is 2.72. The molecule has 3 nitrogen and oxygen atoms in total. The van der Waals surface area contributed by atoms with E-state index in [0.29, 0.717) is 6.42 Å². The highest BCUT2D eigenvalue weighted by molar-refractivity contribution is 7.91. The molecule has 0 aliphatic carbocycles. The zero-order valence-electron chi connectivity index (χ0n) is 7.59. The second-order valence-electron chi connectivity index (χ2n) is 3.62. The fourth-order valence-corrected chi connectivity index (χ4v) is 4.40. The van der Waals surface area contributed by atoms with E-state index in [9.17, 15) is 13.5 Å². The van der Waals surface area contributed by atoms with Crippen LogP contribution in [0.2, 0.25) is 0 Å². The van der Waals surface area contributed by atoms with E-state index in [1.165, 1.54) is 11.3 Å². The Kier molecular flexibility index (Phi) is 2.64. The van der Waals surface area contributed by atoms with E-state index in [0.717, 1.165) is 4.88 Å². The van der Waals surface area contributed by atoms with Crippen molar-refractivity contribution in [3.05, 3.63) is 22.4 Å². The molecule has 1 fully saturated rings. The summed E-state index contributed by atoms with van der Waals surface area (Å²) in [6, 6.07) is 3.72. The third-order valence-corrected chi connectivity index (χ3v) is 5.29. The molecule has 1 N–H and O–H groups in total. The molecule has 1 saturated heterocycles. The van der Waals surface area contributed by atoms with E-state index in [1.807, 2.05) is 17.5 Å². The zero-order valence-corrected chi connectivity index (χ0v) is 9.22. The van der Waals surface area contributed by atoms with E-state index in [1.54, 1.807) is 0 Å². The van der Waals surface area contributed by atoms with Crippen LogP contribution in [-0.2, 0) is 9.84 Å². The average molecular weight is 232 g/mol. The molecule has 1 aromatic rings. The number of hydrogen-bond acceptors (Lipinski definition) is 4. The van der Waals surface area contributed by atoms with Gasteiger partial charge in [-0.15, -0.1) is 11.3 Å². The molecule has 5 heteroatoms. The lowest BCUT2D eigenvalue weighted by Crippen LogP contribution is -2.13. The van der Waals surface area contributed by atoms with Crippen molar-refractivity contribution in [2.75, 3.05) is 11.5 Å². The van der Waals surface area contributed by atoms with Gasteiger partial charge in [-0.3, -0.25) is 0 Å². The number of sulfone groups is 1. The summed E-state index contributed by atoms with van der Waals surface area (Å²) in [5.41, 5.74) is 0. The first kappa shape index (κ1) is 10.1. The van der Waals surface area contributed by atoms with Crippen molar-refractivity contribution in [1.29, 1.82) is 0 Å². The molecular weight excluding hydrogens is 220 g/mol. The molecule has 78 valence electrons. The van der Waals surface area contributed by atoms with Crippen molar-refractivity contribution in [3.8, 4) is 0 Å². The minimum Gasteiger partial charge on any atom is -0.387 e. The largest absolute Gasteiger partial charge is 0.387 e. The van der Waals surface area contributed by atoms with Crippen LogP contribution >= 0.6 is 11.3 Å². The van der Waals surface area contributed by atoms with Crippen LogP contribution in [0.1, 0.15) is 17.4 Å². The van der Waals surface area contributed by atoms with Crippen molar-refractivity contribution in [3.63, 3.8) is 0 Å². The molecule has 2 unspecified atom stereocenters. The number of thiophene rings is 1. The molecule has 0 amide bonds. The van der Waals surface area contributed by atoms with E-state index in [4.69, 9.17) is 0 Å². The first-order chi connectivity index (χ1) is 6.58. The van der Waals surface area contributed by atoms with Gasteiger partial charge in [0.2, 0.25) is 0 Å². The van der Waals surface area contributed by atoms with Crippen molar-refractivity contribution < 1.29 is 13.5 Å². The van der Waals surface area contributed by atoms with Gasteiger partial charge in [0.25, 0.3) is 0 Å². The fraction of sp³-hybridized carbons (Fsp3) is 0.556. The molecule has 0 radical (unpaired) electrons. The van der Waals surface area contributed by atoms with Gasteiger partial charge >= 0.3 is 0 Å². The maximum Gasteiger partial charge on any atom is 0.150 e. The van der Waals surface area contributed by atoms with Crippen LogP contribution < -0.4 is 0 Å². The quantitative estimate of drug-likeness (QED) is 0.834. The summed E-state index contributed by atoms with van der Waals surface area (Å²) in [6.45, 7) is 0. The Morgan fingerprint density at radius 3 is 2.86 bits per heavy atom. The lowest BCUT2D eigenvalue weighted by Gasteiger charge is -2.14. The van der Waals surface area contributed by atoms with E-state index < -0.39 is 15.9 Å². The second-order valence-corrected chi connectivity index (χ2v) is 6.83. The Morgan fingerprint density at radius 1 is 1.57 bits per heavy atom. The lowest BCUT2D eigenvalue weighted by atomic mass is 10.0. The summed E-state index contributed by atoms with van der Waals surface area (Å²) < 4.78 is 22.4. The molecule has 0 aromatic carbocycles. The van der Waals surface area contributed by atoms with E-state index in [2.05, 4.69) is 0 Å². The molecule has 2 atom stereocenters. The molecular formula is C9H12O3S2. The predicted octanol–water partition coefficient (Wildman–Crippen LogP) is 1.22. The maximum atomic E-state index is 11.2. The smallest absolute Gasteiger partial charge is 0.150 e. The van der Waals surface area contributed by atoms with E-state index in [-0.39, 0.29) is 17.4 Å². The van der Waals surface area contributed by atoms with Gasteiger partial charge in [-0.1, -0.05) is 6.07 Å². The standard InChI is InChI=1S/C9H12O3S2/c10-9(8-2-1-4-13-8)7-3-5-14(11,12)6-7/h1-2,4,7,9-10H,3,5-6H2. The Balaban J connectivity index is 2.11. The van der Waals surface area contributed by atoms with Gasteiger partial charge in [0.15, 0.2) is 9.84 Å². The van der Waals surface area contributed by atoms with Crippen LogP contribution in [0.25, 0.3) is 0 Å². The summed E-state index contributed by atoms with van der Waals surface area (Å²) in [5, 5.41) is 11.8. The van der Waals surface area contributed by atoms with Gasteiger partial charge in [-0.2, -0.15) is 0 Å². The first-order valence-corrected chi connectivity index (χ1v) is 7.20. The minimum absolute atomic E-state index is 0.112. The summed E-state index contributed by atoms with van der Waals surface area (Å²) in [4.78, 5) is 0.868. The van der Waals surface area contributed by atoms with Crippen LogP contribution in [0.4, 0.5) is 0 Å². The monoisotopic (exact) mass is 232 g/mol. The third-order valence-electron chi connectivity index (χ3n) is 2.55. The van der Waals surface area contributed by atoms with Crippen LogP contribution in [0, 0.1) is 5.92 Å². The molecule has 2 heterocycles. The molecule has 14 heavy (non-hydrogen) atoms. The number of hydrogen-bond donors (Lipinski definition) is 1. The van der Waals surface area contributed by atoms with Crippen LogP contribution in [-0.4, -0.2) is 25.0 Å². The van der Waals surface area contributed by atoms with Crippen LogP contribution in [0.15, 0.2) is 17.5 Å². The maximum absolute atomic E-state index is 11.2. The Labute approximate surface area is 87.3 Å². The van der Waals surface area contributed by atoms with Crippen molar-refractivity contribution in [1.82, 2.24) is 0 Å². The third kappa shape index (κ3) is 1.99. The summed E-state index contributed by atoms with van der Waals surface area (Å²) in [5.74, 6) is 0.241. The van der Waals surface area contributed by atoms with Gasteiger partial charge in [0, 0.05) is 10.8 Å². The van der Waals surface area contributed by atoms with Gasteiger partial charge in [0.1, 0.15) is 0 Å². The highest BCUT2D eigenvalue weighted by Crippen LogP contribution is 2.33. The molecule has 1 aliphatic heterocycles. The zero-order chi connectivity index (χ0) is 10.2. The SMILES string of the molecule is O=S1(=O)CCC(C(O)c2cccs2)C1. The summed E-state index contributed by atoms with van der Waals surface area (Å²) in [6.07, 6.45) is -0.0197. The molecule has 1 aliphatic rings. The van der Waals surface area contributed by atoms with E-state index >= 15 is 0 Å². The van der Waals surface area contributed by atoms with Gasteiger partial charge in [-0.25, -0.2) is 8.42 Å². The lowest BCUT2D eigenvalue weighted by molar-refractivity contribution is 0.124. The Hall–Kier alpha value is -0.390. The molecule has 2 rings (SSSR count). The molecule has 0 spiro atoms. The minimum atomic E-state index is -2.89.